The van der Waals surface area contributed by atoms with Crippen LogP contribution in [0.1, 0.15) is 23.2 Å². The van der Waals surface area contributed by atoms with E-state index in [4.69, 9.17) is 4.74 Å². The minimum absolute atomic E-state index is 0.150. The molecule has 2 N–H and O–H groups in total. The summed E-state index contributed by atoms with van der Waals surface area (Å²) in [4.78, 5) is 9.67. The summed E-state index contributed by atoms with van der Waals surface area (Å²) in [6.45, 7) is 5.17. The molecule has 1 atom stereocenters. The number of aryl methyl sites for hydroxylation is 1. The second-order valence-corrected chi connectivity index (χ2v) is 6.57. The van der Waals surface area contributed by atoms with Crippen LogP contribution in [0, 0.1) is 12.7 Å². The van der Waals surface area contributed by atoms with Gasteiger partial charge in [0.1, 0.15) is 11.1 Å². The Kier molecular flexibility index (Phi) is 6.99. The number of benzene rings is 1. The predicted molar refractivity (Wildman–Crippen MR) is 96.2 cm³/mol. The van der Waals surface area contributed by atoms with Crippen molar-refractivity contribution in [1.82, 2.24) is 15.6 Å². The number of nitrogens with zero attached hydrogens (tertiary/aromatic N) is 2. The minimum Gasteiger partial charge on any atom is -0.486 e. The predicted octanol–water partition coefficient (Wildman–Crippen LogP) is 3.11. The summed E-state index contributed by atoms with van der Waals surface area (Å²) in [5.74, 6) is 0.586. The van der Waals surface area contributed by atoms with Gasteiger partial charge in [-0.3, -0.25) is 4.99 Å². The number of ether oxygens (including phenoxy) is 1. The van der Waals surface area contributed by atoms with E-state index in [1.807, 2.05) is 20.0 Å². The van der Waals surface area contributed by atoms with E-state index in [2.05, 4.69) is 20.6 Å². The van der Waals surface area contributed by atoms with Gasteiger partial charge in [0, 0.05) is 18.1 Å². The average molecular weight is 350 g/mol. The summed E-state index contributed by atoms with van der Waals surface area (Å²) in [7, 11) is 1.71. The van der Waals surface area contributed by atoms with Gasteiger partial charge in [-0.1, -0.05) is 19.1 Å². The fourth-order valence-corrected chi connectivity index (χ4v) is 2.79. The number of para-hydroxylation sites is 1. The van der Waals surface area contributed by atoms with Crippen molar-refractivity contribution in [2.75, 3.05) is 13.6 Å². The van der Waals surface area contributed by atoms with Gasteiger partial charge in [0.05, 0.1) is 13.1 Å². The average Bonchev–Trinajstić information content (AvgIpc) is 3.01. The van der Waals surface area contributed by atoms with Crippen LogP contribution in [0.2, 0.25) is 0 Å². The van der Waals surface area contributed by atoms with Crippen molar-refractivity contribution in [1.29, 1.82) is 0 Å². The fourth-order valence-electron chi connectivity index (χ4n) is 2.06. The van der Waals surface area contributed by atoms with E-state index in [1.165, 1.54) is 10.9 Å². The van der Waals surface area contributed by atoms with Gasteiger partial charge < -0.3 is 15.4 Å². The first-order valence-electron chi connectivity index (χ1n) is 7.89. The third-order valence-corrected chi connectivity index (χ3v) is 4.30. The first kappa shape index (κ1) is 18.2. The number of aliphatic imine (C=N–C) groups is 1. The zero-order valence-electron chi connectivity index (χ0n) is 14.2. The van der Waals surface area contributed by atoms with Crippen molar-refractivity contribution < 1.29 is 9.13 Å². The highest BCUT2D eigenvalue weighted by Crippen LogP contribution is 2.17. The molecular weight excluding hydrogens is 327 g/mol. The van der Waals surface area contributed by atoms with Crippen LogP contribution < -0.4 is 15.4 Å². The molecule has 2 rings (SSSR count). The molecule has 7 heteroatoms. The SMILES string of the molecule is CCC(CNC(=NC)NCc1ncc(C)s1)Oc1ccccc1F. The van der Waals surface area contributed by atoms with Gasteiger partial charge in [0.25, 0.3) is 0 Å². The highest BCUT2D eigenvalue weighted by atomic mass is 32.1. The number of halogens is 1. The van der Waals surface area contributed by atoms with Crippen LogP contribution in [0.25, 0.3) is 0 Å². The third kappa shape index (κ3) is 5.49. The molecule has 1 unspecified atom stereocenters. The van der Waals surface area contributed by atoms with Gasteiger partial charge in [0.15, 0.2) is 17.5 Å². The van der Waals surface area contributed by atoms with E-state index in [9.17, 15) is 4.39 Å². The molecule has 2 aromatic rings. The van der Waals surface area contributed by atoms with Crippen molar-refractivity contribution >= 4 is 17.3 Å². The van der Waals surface area contributed by atoms with Crippen LogP contribution in [0.5, 0.6) is 5.75 Å². The molecule has 0 aliphatic carbocycles. The quantitative estimate of drug-likeness (QED) is 0.595. The number of rotatable bonds is 7. The van der Waals surface area contributed by atoms with Crippen LogP contribution in [0.3, 0.4) is 0 Å². The Morgan fingerprint density at radius 2 is 2.17 bits per heavy atom. The number of hydrogen-bond acceptors (Lipinski definition) is 4. The first-order chi connectivity index (χ1) is 11.6. The van der Waals surface area contributed by atoms with Gasteiger partial charge >= 0.3 is 0 Å². The van der Waals surface area contributed by atoms with E-state index >= 15 is 0 Å². The Hall–Kier alpha value is -2.15. The lowest BCUT2D eigenvalue weighted by Crippen LogP contribution is -2.42. The monoisotopic (exact) mass is 350 g/mol. The van der Waals surface area contributed by atoms with Gasteiger partial charge in [0.2, 0.25) is 0 Å². The molecule has 5 nitrogen and oxygen atoms in total. The Bertz CT molecular complexity index is 674. The normalized spacial score (nSPS) is 12.8. The number of nitrogens with one attached hydrogen (secondary N) is 2. The maximum absolute atomic E-state index is 13.7. The van der Waals surface area contributed by atoms with Gasteiger partial charge in [-0.2, -0.15) is 0 Å². The van der Waals surface area contributed by atoms with Crippen molar-refractivity contribution in [3.05, 3.63) is 46.2 Å². The largest absolute Gasteiger partial charge is 0.486 e. The number of hydrogen-bond donors (Lipinski definition) is 2. The Balaban J connectivity index is 1.83. The molecule has 24 heavy (non-hydrogen) atoms. The second-order valence-electron chi connectivity index (χ2n) is 5.25. The van der Waals surface area contributed by atoms with Crippen LogP contribution in [-0.4, -0.2) is 30.6 Å². The maximum atomic E-state index is 13.7. The van der Waals surface area contributed by atoms with Gasteiger partial charge in [-0.05, 0) is 25.5 Å². The van der Waals surface area contributed by atoms with Gasteiger partial charge in [-0.25, -0.2) is 9.37 Å². The maximum Gasteiger partial charge on any atom is 0.191 e. The Morgan fingerprint density at radius 3 is 2.79 bits per heavy atom. The van der Waals surface area contributed by atoms with Crippen molar-refractivity contribution in [2.45, 2.75) is 32.9 Å². The van der Waals surface area contributed by atoms with Crippen LogP contribution in [0.15, 0.2) is 35.5 Å². The fraction of sp³-hybridized carbons (Fsp3) is 0.412. The summed E-state index contributed by atoms with van der Waals surface area (Å²) in [5.41, 5.74) is 0. The van der Waals surface area contributed by atoms with E-state index in [0.717, 1.165) is 11.4 Å². The molecule has 0 fully saturated rings. The topological polar surface area (TPSA) is 58.5 Å². The highest BCUT2D eigenvalue weighted by Gasteiger charge is 2.12. The molecule has 1 aromatic carbocycles. The standard InChI is InChI=1S/C17H23FN4OS/c1-4-13(23-15-8-6-5-7-14(15)18)10-21-17(19-3)22-11-16-20-9-12(2)24-16/h5-9,13H,4,10-11H2,1-3H3,(H2,19,21,22). The Morgan fingerprint density at radius 1 is 1.38 bits per heavy atom. The highest BCUT2D eigenvalue weighted by molar-refractivity contribution is 7.11. The second kappa shape index (κ2) is 9.22. The van der Waals surface area contributed by atoms with E-state index < -0.39 is 0 Å². The molecule has 0 aliphatic heterocycles. The summed E-state index contributed by atoms with van der Waals surface area (Å²) in [5, 5.41) is 7.42. The number of guanidine groups is 1. The minimum atomic E-state index is -0.349. The van der Waals surface area contributed by atoms with Crippen LogP contribution >= 0.6 is 11.3 Å². The Labute approximate surface area is 146 Å². The number of thiazole rings is 1. The van der Waals surface area contributed by atoms with E-state index in [0.29, 0.717) is 19.0 Å². The first-order valence-corrected chi connectivity index (χ1v) is 8.71. The lowest BCUT2D eigenvalue weighted by Gasteiger charge is -2.20. The van der Waals surface area contributed by atoms with E-state index in [-0.39, 0.29) is 17.7 Å². The zero-order chi connectivity index (χ0) is 17.4. The van der Waals surface area contributed by atoms with Crippen LogP contribution in [0.4, 0.5) is 4.39 Å². The third-order valence-electron chi connectivity index (χ3n) is 3.38. The molecule has 0 spiro atoms. The molecular formula is C17H23FN4OS. The molecule has 0 aliphatic rings. The van der Waals surface area contributed by atoms with Crippen molar-refractivity contribution in [3.63, 3.8) is 0 Å². The molecule has 0 radical (unpaired) electrons. The molecule has 0 bridgehead atoms. The molecule has 0 amide bonds. The lowest BCUT2D eigenvalue weighted by molar-refractivity contribution is 0.191. The number of aromatic nitrogens is 1. The van der Waals surface area contributed by atoms with Crippen molar-refractivity contribution in [2.24, 2.45) is 4.99 Å². The molecule has 1 aromatic heterocycles. The molecule has 0 saturated heterocycles. The van der Waals surface area contributed by atoms with Crippen molar-refractivity contribution in [3.8, 4) is 5.75 Å². The lowest BCUT2D eigenvalue weighted by atomic mass is 10.2. The smallest absolute Gasteiger partial charge is 0.191 e. The summed E-state index contributed by atoms with van der Waals surface area (Å²) < 4.78 is 19.4. The summed E-state index contributed by atoms with van der Waals surface area (Å²) in [6.07, 6.45) is 2.46. The van der Waals surface area contributed by atoms with Gasteiger partial charge in [-0.15, -0.1) is 11.3 Å². The summed E-state index contributed by atoms with van der Waals surface area (Å²) >= 11 is 1.65. The molecule has 130 valence electrons. The van der Waals surface area contributed by atoms with E-state index in [1.54, 1.807) is 36.6 Å². The molecule has 0 saturated carbocycles. The summed E-state index contributed by atoms with van der Waals surface area (Å²) in [6, 6.07) is 6.43. The van der Waals surface area contributed by atoms with Crippen LogP contribution in [-0.2, 0) is 6.54 Å². The zero-order valence-corrected chi connectivity index (χ0v) is 15.0. The molecule has 1 heterocycles.